The van der Waals surface area contributed by atoms with Crippen LogP contribution in [0.4, 0.5) is 5.82 Å². The molecule has 0 radical (unpaired) electrons. The molecule has 1 atom stereocenters. The summed E-state index contributed by atoms with van der Waals surface area (Å²) in [5, 5.41) is 12.5. The molecule has 35 heavy (non-hydrogen) atoms. The Balaban J connectivity index is 1.57. The predicted molar refractivity (Wildman–Crippen MR) is 134 cm³/mol. The third kappa shape index (κ3) is 6.12. The van der Waals surface area contributed by atoms with Crippen LogP contribution in [0, 0.1) is 11.3 Å². The summed E-state index contributed by atoms with van der Waals surface area (Å²) >= 11 is 0. The molecule has 0 bridgehead atoms. The lowest BCUT2D eigenvalue weighted by Crippen LogP contribution is -2.26. The number of benzene rings is 2. The molecule has 2 aromatic carbocycles. The monoisotopic (exact) mass is 471 g/mol. The number of anilines is 1. The molecule has 1 unspecified atom stereocenters. The minimum atomic E-state index is -0.636. The highest BCUT2D eigenvalue weighted by Gasteiger charge is 2.16. The fourth-order valence-corrected chi connectivity index (χ4v) is 3.94. The number of carbonyl (C=O) groups is 1. The van der Waals surface area contributed by atoms with Crippen molar-refractivity contribution >= 4 is 11.7 Å². The van der Waals surface area contributed by atoms with E-state index in [4.69, 9.17) is 16.2 Å². The largest absolute Gasteiger partial charge is 0.457 e. The highest BCUT2D eigenvalue weighted by atomic mass is 16.5. The second-order valence-electron chi connectivity index (χ2n) is 8.65. The molecule has 1 aromatic heterocycles. The highest BCUT2D eigenvalue weighted by molar-refractivity contribution is 5.92. The number of carbonyl (C=O) groups excluding carboxylic acids is 1. The molecule has 4 rings (SSSR count). The maximum Gasteiger partial charge on any atom is 0.267 e. The Bertz CT molecular complexity index is 1230. The first-order valence-corrected chi connectivity index (χ1v) is 11.6. The van der Waals surface area contributed by atoms with Crippen LogP contribution in [0.15, 0.2) is 48.5 Å². The minimum absolute atomic E-state index is 0.0311. The fourth-order valence-electron chi connectivity index (χ4n) is 3.94. The van der Waals surface area contributed by atoms with Gasteiger partial charge in [0.2, 0.25) is 0 Å². The summed E-state index contributed by atoms with van der Waals surface area (Å²) in [4.78, 5) is 23.0. The van der Waals surface area contributed by atoms with E-state index in [1.165, 1.54) is 18.9 Å². The van der Waals surface area contributed by atoms with Gasteiger partial charge in [-0.3, -0.25) is 9.69 Å². The number of likely N-dealkylation sites (tertiary alicyclic amines) is 1. The predicted octanol–water partition coefficient (Wildman–Crippen LogP) is 3.26. The number of nitrogens with zero attached hydrogens (tertiary/aromatic N) is 4. The molecular formula is C26H29N7O2. The summed E-state index contributed by atoms with van der Waals surface area (Å²) in [6.45, 7) is 5.17. The Labute approximate surface area is 204 Å². The van der Waals surface area contributed by atoms with Crippen LogP contribution in [0.2, 0.25) is 0 Å². The van der Waals surface area contributed by atoms with Crippen molar-refractivity contribution in [3.63, 3.8) is 0 Å². The van der Waals surface area contributed by atoms with Gasteiger partial charge >= 0.3 is 0 Å². The van der Waals surface area contributed by atoms with Crippen molar-refractivity contribution in [2.24, 2.45) is 11.5 Å². The SMILES string of the molecule is CC(CN)Nc1cc(C(N)=O)nc(-c2ccc(Oc3ccc(C#N)cc3CN3CCCC3)cc2)n1. The quantitative estimate of drug-likeness (QED) is 0.431. The highest BCUT2D eigenvalue weighted by Crippen LogP contribution is 2.30. The zero-order valence-corrected chi connectivity index (χ0v) is 19.7. The van der Waals surface area contributed by atoms with Crippen LogP contribution < -0.4 is 21.5 Å². The number of aromatic nitrogens is 2. The van der Waals surface area contributed by atoms with E-state index in [0.717, 1.165) is 30.9 Å². The Hall–Kier alpha value is -4.00. The van der Waals surface area contributed by atoms with Crippen molar-refractivity contribution in [1.82, 2.24) is 14.9 Å². The molecule has 1 aliphatic heterocycles. The maximum atomic E-state index is 11.8. The summed E-state index contributed by atoms with van der Waals surface area (Å²) in [5.41, 5.74) is 13.6. The minimum Gasteiger partial charge on any atom is -0.457 e. The summed E-state index contributed by atoms with van der Waals surface area (Å²) in [7, 11) is 0. The third-order valence-corrected chi connectivity index (χ3v) is 5.85. The normalized spacial score (nSPS) is 14.3. The molecule has 9 heteroatoms. The summed E-state index contributed by atoms with van der Waals surface area (Å²) in [6, 6.07) is 16.5. The van der Waals surface area contributed by atoms with Crippen molar-refractivity contribution in [2.75, 3.05) is 25.0 Å². The lowest BCUT2D eigenvalue weighted by atomic mass is 10.1. The van der Waals surface area contributed by atoms with Gasteiger partial charge in [-0.05, 0) is 75.3 Å². The maximum absolute atomic E-state index is 11.8. The van der Waals surface area contributed by atoms with Crippen molar-refractivity contribution in [2.45, 2.75) is 32.4 Å². The Morgan fingerprint density at radius 1 is 1.17 bits per heavy atom. The second-order valence-corrected chi connectivity index (χ2v) is 8.65. The third-order valence-electron chi connectivity index (χ3n) is 5.85. The first-order chi connectivity index (χ1) is 16.9. The van der Waals surface area contributed by atoms with Crippen LogP contribution in [0.5, 0.6) is 11.5 Å². The molecule has 0 spiro atoms. The van der Waals surface area contributed by atoms with E-state index in [-0.39, 0.29) is 11.7 Å². The van der Waals surface area contributed by atoms with Crippen LogP contribution in [0.1, 0.15) is 41.4 Å². The van der Waals surface area contributed by atoms with Crippen molar-refractivity contribution < 1.29 is 9.53 Å². The average Bonchev–Trinajstić information content (AvgIpc) is 3.38. The Morgan fingerprint density at radius 2 is 1.91 bits per heavy atom. The van der Waals surface area contributed by atoms with E-state index >= 15 is 0 Å². The number of hydrogen-bond donors (Lipinski definition) is 3. The van der Waals surface area contributed by atoms with Gasteiger partial charge in [-0.1, -0.05) is 0 Å². The zero-order chi connectivity index (χ0) is 24.8. The lowest BCUT2D eigenvalue weighted by Gasteiger charge is -2.18. The van der Waals surface area contributed by atoms with E-state index in [2.05, 4.69) is 26.3 Å². The number of nitrogens with two attached hydrogens (primary N) is 2. The molecule has 1 fully saturated rings. The van der Waals surface area contributed by atoms with Gasteiger partial charge in [0, 0.05) is 36.3 Å². The average molecular weight is 472 g/mol. The number of primary amides is 1. The standard InChI is InChI=1S/C26H29N7O2/c1-17(14-27)30-24-13-22(25(29)34)31-26(32-24)19-5-7-21(8-6-19)35-23-9-4-18(15-28)12-20(23)16-33-10-2-3-11-33/h4-9,12-13,17H,2-3,10-11,14,16,27H2,1H3,(H2,29,34)(H,30,31,32). The molecule has 180 valence electrons. The fraction of sp³-hybridized carbons (Fsp3) is 0.308. The van der Waals surface area contributed by atoms with Gasteiger partial charge in [-0.15, -0.1) is 0 Å². The molecule has 1 saturated heterocycles. The van der Waals surface area contributed by atoms with Gasteiger partial charge in [0.15, 0.2) is 5.82 Å². The van der Waals surface area contributed by atoms with Crippen LogP contribution in [-0.2, 0) is 6.54 Å². The van der Waals surface area contributed by atoms with E-state index in [0.29, 0.717) is 35.1 Å². The van der Waals surface area contributed by atoms with Gasteiger partial charge in [-0.25, -0.2) is 9.97 Å². The number of hydrogen-bond acceptors (Lipinski definition) is 8. The van der Waals surface area contributed by atoms with E-state index < -0.39 is 5.91 Å². The molecule has 9 nitrogen and oxygen atoms in total. The number of ether oxygens (including phenoxy) is 1. The van der Waals surface area contributed by atoms with Crippen LogP contribution >= 0.6 is 0 Å². The van der Waals surface area contributed by atoms with Gasteiger partial charge < -0.3 is 21.5 Å². The summed E-state index contributed by atoms with van der Waals surface area (Å²) < 4.78 is 6.19. The Kier molecular flexibility index (Phi) is 7.55. The van der Waals surface area contributed by atoms with E-state index in [9.17, 15) is 10.1 Å². The van der Waals surface area contributed by atoms with E-state index in [1.807, 2.05) is 43.3 Å². The molecule has 3 aromatic rings. The first kappa shape index (κ1) is 24.1. The molecular weight excluding hydrogens is 442 g/mol. The van der Waals surface area contributed by atoms with Gasteiger partial charge in [0.25, 0.3) is 5.91 Å². The molecule has 1 amide bonds. The topological polar surface area (TPSA) is 143 Å². The van der Waals surface area contributed by atoms with Gasteiger partial charge in [0.05, 0.1) is 11.6 Å². The lowest BCUT2D eigenvalue weighted by molar-refractivity contribution is 0.0995. The summed E-state index contributed by atoms with van der Waals surface area (Å²) in [5.74, 6) is 1.57. The van der Waals surface area contributed by atoms with E-state index in [1.54, 1.807) is 6.07 Å². The number of amides is 1. The van der Waals surface area contributed by atoms with Crippen LogP contribution in [-0.4, -0.2) is 46.5 Å². The molecule has 0 saturated carbocycles. The number of nitriles is 1. The van der Waals surface area contributed by atoms with Crippen LogP contribution in [0.3, 0.4) is 0 Å². The van der Waals surface area contributed by atoms with Crippen molar-refractivity contribution in [3.05, 3.63) is 65.4 Å². The zero-order valence-electron chi connectivity index (χ0n) is 19.7. The number of rotatable bonds is 9. The first-order valence-electron chi connectivity index (χ1n) is 11.6. The Morgan fingerprint density at radius 3 is 2.57 bits per heavy atom. The summed E-state index contributed by atoms with van der Waals surface area (Å²) in [6.07, 6.45) is 2.38. The smallest absolute Gasteiger partial charge is 0.267 e. The van der Waals surface area contributed by atoms with Gasteiger partial charge in [0.1, 0.15) is 23.0 Å². The molecule has 5 N–H and O–H groups in total. The van der Waals surface area contributed by atoms with Crippen LogP contribution in [0.25, 0.3) is 11.4 Å². The van der Waals surface area contributed by atoms with Crippen molar-refractivity contribution in [3.8, 4) is 29.0 Å². The van der Waals surface area contributed by atoms with Crippen molar-refractivity contribution in [1.29, 1.82) is 5.26 Å². The molecule has 0 aliphatic carbocycles. The van der Waals surface area contributed by atoms with Gasteiger partial charge in [-0.2, -0.15) is 5.26 Å². The second kappa shape index (κ2) is 11.0. The molecule has 1 aliphatic rings. The number of nitrogens with one attached hydrogen (secondary N) is 1. The molecule has 2 heterocycles.